The van der Waals surface area contributed by atoms with Gasteiger partial charge in [-0.15, -0.1) is 0 Å². The van der Waals surface area contributed by atoms with Crippen molar-refractivity contribution in [1.82, 2.24) is 5.32 Å². The smallest absolute Gasteiger partial charge is 0.0369 e. The van der Waals surface area contributed by atoms with E-state index in [2.05, 4.69) is 64.2 Å². The van der Waals surface area contributed by atoms with Gasteiger partial charge in [0.15, 0.2) is 0 Å². The third-order valence-corrected chi connectivity index (χ3v) is 3.97. The lowest BCUT2D eigenvalue weighted by atomic mass is 9.77. The van der Waals surface area contributed by atoms with Gasteiger partial charge in [-0.05, 0) is 42.0 Å². The van der Waals surface area contributed by atoms with E-state index in [1.807, 2.05) is 7.05 Å². The van der Waals surface area contributed by atoms with Gasteiger partial charge in [0.1, 0.15) is 0 Å². The summed E-state index contributed by atoms with van der Waals surface area (Å²) in [4.78, 5) is 0. The first-order valence-corrected chi connectivity index (χ1v) is 7.20. The predicted molar refractivity (Wildman–Crippen MR) is 84.4 cm³/mol. The molecule has 0 aliphatic carbocycles. The molecule has 0 aromatic heterocycles. The standard InChI is InChI=1S/C17H30N2/c1-16(2,3)14-9-7-13(8-10-14)15(19-6)17(4,5)11-12-18/h7-10,15,19H,11-12,18H2,1-6H3. The summed E-state index contributed by atoms with van der Waals surface area (Å²) in [6.07, 6.45) is 1.01. The van der Waals surface area contributed by atoms with Crippen LogP contribution in [0.25, 0.3) is 0 Å². The minimum absolute atomic E-state index is 0.159. The zero-order valence-corrected chi connectivity index (χ0v) is 13.4. The van der Waals surface area contributed by atoms with Crippen LogP contribution in [0.5, 0.6) is 0 Å². The molecular weight excluding hydrogens is 232 g/mol. The molecule has 0 fully saturated rings. The highest BCUT2D eigenvalue weighted by molar-refractivity contribution is 5.30. The summed E-state index contributed by atoms with van der Waals surface area (Å²) < 4.78 is 0. The number of hydrogen-bond acceptors (Lipinski definition) is 2. The largest absolute Gasteiger partial charge is 0.330 e. The van der Waals surface area contributed by atoms with Gasteiger partial charge < -0.3 is 11.1 Å². The van der Waals surface area contributed by atoms with Crippen molar-refractivity contribution in [3.05, 3.63) is 35.4 Å². The van der Waals surface area contributed by atoms with Crippen molar-refractivity contribution >= 4 is 0 Å². The van der Waals surface area contributed by atoms with Crippen LogP contribution < -0.4 is 11.1 Å². The van der Waals surface area contributed by atoms with Gasteiger partial charge in [0.25, 0.3) is 0 Å². The molecule has 0 aliphatic rings. The minimum atomic E-state index is 0.159. The molecule has 1 aromatic carbocycles. The second-order valence-electron chi connectivity index (χ2n) is 7.12. The highest BCUT2D eigenvalue weighted by atomic mass is 14.9. The zero-order chi connectivity index (χ0) is 14.7. The molecule has 0 aliphatic heterocycles. The molecular formula is C17H30N2. The molecule has 0 spiro atoms. The van der Waals surface area contributed by atoms with Gasteiger partial charge >= 0.3 is 0 Å². The van der Waals surface area contributed by atoms with E-state index in [4.69, 9.17) is 5.73 Å². The van der Waals surface area contributed by atoms with Crippen LogP contribution in [-0.2, 0) is 5.41 Å². The molecule has 0 amide bonds. The maximum absolute atomic E-state index is 5.74. The van der Waals surface area contributed by atoms with Crippen LogP contribution in [0.4, 0.5) is 0 Å². The summed E-state index contributed by atoms with van der Waals surface area (Å²) in [5.41, 5.74) is 8.83. The number of nitrogens with two attached hydrogens (primary N) is 1. The van der Waals surface area contributed by atoms with Gasteiger partial charge in [0, 0.05) is 6.04 Å². The molecule has 0 radical (unpaired) electrons. The summed E-state index contributed by atoms with van der Waals surface area (Å²) in [5, 5.41) is 3.45. The Morgan fingerprint density at radius 3 is 1.95 bits per heavy atom. The first-order chi connectivity index (χ1) is 8.72. The lowest BCUT2D eigenvalue weighted by Gasteiger charge is -2.34. The number of rotatable bonds is 5. The van der Waals surface area contributed by atoms with E-state index in [1.165, 1.54) is 11.1 Å². The van der Waals surface area contributed by atoms with Crippen LogP contribution in [0.2, 0.25) is 0 Å². The molecule has 1 unspecified atom stereocenters. The van der Waals surface area contributed by atoms with Crippen LogP contribution >= 0.6 is 0 Å². The van der Waals surface area contributed by atoms with Crippen LogP contribution in [0.1, 0.15) is 58.2 Å². The molecule has 2 nitrogen and oxygen atoms in total. The molecule has 1 aromatic rings. The van der Waals surface area contributed by atoms with Crippen LogP contribution in [0, 0.1) is 5.41 Å². The molecule has 0 bridgehead atoms. The minimum Gasteiger partial charge on any atom is -0.330 e. The lowest BCUT2D eigenvalue weighted by molar-refractivity contribution is 0.239. The second-order valence-corrected chi connectivity index (χ2v) is 7.12. The molecule has 3 N–H and O–H groups in total. The van der Waals surface area contributed by atoms with E-state index in [1.54, 1.807) is 0 Å². The molecule has 0 heterocycles. The fourth-order valence-corrected chi connectivity index (χ4v) is 2.70. The Kier molecular flexibility index (Phi) is 5.17. The predicted octanol–water partition coefficient (Wildman–Crippen LogP) is 3.62. The number of hydrogen-bond donors (Lipinski definition) is 2. The molecule has 1 rings (SSSR count). The van der Waals surface area contributed by atoms with Gasteiger partial charge in [0.05, 0.1) is 0 Å². The summed E-state index contributed by atoms with van der Waals surface area (Å²) in [7, 11) is 2.03. The van der Waals surface area contributed by atoms with E-state index in [9.17, 15) is 0 Å². The summed E-state index contributed by atoms with van der Waals surface area (Å²) in [6.45, 7) is 12.0. The molecule has 0 saturated heterocycles. The lowest BCUT2D eigenvalue weighted by Crippen LogP contribution is -2.33. The summed E-state index contributed by atoms with van der Waals surface area (Å²) in [5.74, 6) is 0. The quantitative estimate of drug-likeness (QED) is 0.850. The van der Waals surface area contributed by atoms with Crippen LogP contribution in [0.15, 0.2) is 24.3 Å². The zero-order valence-electron chi connectivity index (χ0n) is 13.4. The van der Waals surface area contributed by atoms with E-state index in [0.29, 0.717) is 6.04 Å². The maximum Gasteiger partial charge on any atom is 0.0369 e. The Morgan fingerprint density at radius 1 is 1.05 bits per heavy atom. The number of benzene rings is 1. The fourth-order valence-electron chi connectivity index (χ4n) is 2.70. The van der Waals surface area contributed by atoms with Crippen molar-refractivity contribution in [2.45, 2.75) is 52.5 Å². The average molecular weight is 262 g/mol. The Balaban J connectivity index is 3.01. The van der Waals surface area contributed by atoms with E-state index < -0.39 is 0 Å². The highest BCUT2D eigenvalue weighted by Crippen LogP contribution is 2.36. The third-order valence-electron chi connectivity index (χ3n) is 3.97. The Bertz CT molecular complexity index is 385. The van der Waals surface area contributed by atoms with Crippen molar-refractivity contribution in [3.8, 4) is 0 Å². The normalized spacial score (nSPS) is 14.5. The SMILES string of the molecule is CNC(c1ccc(C(C)(C)C)cc1)C(C)(C)CCN. The van der Waals surface area contributed by atoms with Gasteiger partial charge in [-0.1, -0.05) is 58.9 Å². The summed E-state index contributed by atoms with van der Waals surface area (Å²) >= 11 is 0. The van der Waals surface area contributed by atoms with Crippen molar-refractivity contribution in [1.29, 1.82) is 0 Å². The molecule has 1 atom stereocenters. The topological polar surface area (TPSA) is 38.0 Å². The molecule has 19 heavy (non-hydrogen) atoms. The second kappa shape index (κ2) is 6.06. The van der Waals surface area contributed by atoms with Crippen molar-refractivity contribution in [3.63, 3.8) is 0 Å². The third kappa shape index (κ3) is 4.05. The van der Waals surface area contributed by atoms with Crippen LogP contribution in [0.3, 0.4) is 0 Å². The van der Waals surface area contributed by atoms with Gasteiger partial charge in [-0.3, -0.25) is 0 Å². The van der Waals surface area contributed by atoms with Crippen molar-refractivity contribution in [2.75, 3.05) is 13.6 Å². The van der Waals surface area contributed by atoms with Gasteiger partial charge in [-0.25, -0.2) is 0 Å². The number of nitrogens with one attached hydrogen (secondary N) is 1. The summed E-state index contributed by atoms with van der Waals surface area (Å²) in [6, 6.07) is 9.33. The fraction of sp³-hybridized carbons (Fsp3) is 0.647. The molecule has 0 saturated carbocycles. The average Bonchev–Trinajstić information content (AvgIpc) is 2.28. The molecule has 108 valence electrons. The van der Waals surface area contributed by atoms with Gasteiger partial charge in [-0.2, -0.15) is 0 Å². The Labute approximate surface area is 118 Å². The van der Waals surface area contributed by atoms with E-state index in [0.717, 1.165) is 13.0 Å². The van der Waals surface area contributed by atoms with Crippen LogP contribution in [-0.4, -0.2) is 13.6 Å². The van der Waals surface area contributed by atoms with Crippen molar-refractivity contribution < 1.29 is 0 Å². The van der Waals surface area contributed by atoms with E-state index >= 15 is 0 Å². The monoisotopic (exact) mass is 262 g/mol. The van der Waals surface area contributed by atoms with Gasteiger partial charge in [0.2, 0.25) is 0 Å². The maximum atomic E-state index is 5.74. The first-order valence-electron chi connectivity index (χ1n) is 7.20. The Morgan fingerprint density at radius 2 is 1.58 bits per heavy atom. The van der Waals surface area contributed by atoms with E-state index in [-0.39, 0.29) is 10.8 Å². The molecule has 2 heteroatoms. The first kappa shape index (κ1) is 16.2. The highest BCUT2D eigenvalue weighted by Gasteiger charge is 2.29. The van der Waals surface area contributed by atoms with Crippen molar-refractivity contribution in [2.24, 2.45) is 11.1 Å². The Hall–Kier alpha value is -0.860.